The second-order valence-corrected chi connectivity index (χ2v) is 6.78. The molecule has 1 aliphatic heterocycles. The van der Waals surface area contributed by atoms with E-state index in [4.69, 9.17) is 12.2 Å². The van der Waals surface area contributed by atoms with Crippen LogP contribution in [0.5, 0.6) is 0 Å². The molecule has 94 valence electrons. The maximum Gasteiger partial charge on any atom is 0.136 e. The molecule has 0 atom stereocenters. The lowest BCUT2D eigenvalue weighted by Gasteiger charge is -2.16. The summed E-state index contributed by atoms with van der Waals surface area (Å²) in [6.45, 7) is 4.48. The van der Waals surface area contributed by atoms with Gasteiger partial charge in [0.15, 0.2) is 0 Å². The molecule has 2 nitrogen and oxygen atoms in total. The Morgan fingerprint density at radius 1 is 1.53 bits per heavy atom. The zero-order valence-corrected chi connectivity index (χ0v) is 12.6. The monoisotopic (exact) mass is 286 g/mol. The van der Waals surface area contributed by atoms with E-state index in [1.54, 1.807) is 23.1 Å². The molecule has 2 heterocycles. The van der Waals surface area contributed by atoms with Gasteiger partial charge in [-0.15, -0.1) is 11.3 Å². The summed E-state index contributed by atoms with van der Waals surface area (Å²) >= 11 is 8.97. The maximum absolute atomic E-state index is 5.44. The summed E-state index contributed by atoms with van der Waals surface area (Å²) in [5.41, 5.74) is 1.19. The first kappa shape index (κ1) is 13.3. The summed E-state index contributed by atoms with van der Waals surface area (Å²) in [6, 6.07) is 0. The predicted octanol–water partition coefficient (Wildman–Crippen LogP) is 3.71. The van der Waals surface area contributed by atoms with E-state index < -0.39 is 0 Å². The second-order valence-electron chi connectivity index (χ2n) is 4.23. The van der Waals surface area contributed by atoms with E-state index in [0.717, 1.165) is 29.6 Å². The van der Waals surface area contributed by atoms with Gasteiger partial charge in [0.2, 0.25) is 0 Å². The molecule has 0 bridgehead atoms. The zero-order valence-electron chi connectivity index (χ0n) is 10.1. The van der Waals surface area contributed by atoms with E-state index in [0.29, 0.717) is 0 Å². The molecule has 0 spiro atoms. The van der Waals surface area contributed by atoms with Crippen LogP contribution in [0.1, 0.15) is 36.9 Å². The summed E-state index contributed by atoms with van der Waals surface area (Å²) in [5, 5.41) is 3.43. The number of likely N-dealkylation sites (tertiary alicyclic amines) is 1. The van der Waals surface area contributed by atoms with E-state index in [9.17, 15) is 0 Å². The van der Waals surface area contributed by atoms with Crippen molar-refractivity contribution in [2.45, 2.75) is 38.4 Å². The SMILES string of the molecule is CCCc1nc(CSC(=S)N2CCCC2)cs1. The largest absolute Gasteiger partial charge is 0.358 e. The fourth-order valence-corrected chi connectivity index (χ4v) is 4.02. The normalized spacial score (nSPS) is 15.5. The van der Waals surface area contributed by atoms with Crippen LogP contribution in [0.2, 0.25) is 0 Å². The Bertz CT molecular complexity index is 370. The van der Waals surface area contributed by atoms with E-state index in [1.165, 1.54) is 30.0 Å². The molecule has 17 heavy (non-hydrogen) atoms. The molecule has 0 unspecified atom stereocenters. The lowest BCUT2D eigenvalue weighted by molar-refractivity contribution is 0.539. The van der Waals surface area contributed by atoms with Gasteiger partial charge in [-0.2, -0.15) is 0 Å². The Kier molecular flexibility index (Phi) is 5.25. The van der Waals surface area contributed by atoms with Crippen LogP contribution >= 0.6 is 35.3 Å². The Hall–Kier alpha value is -0.130. The summed E-state index contributed by atoms with van der Waals surface area (Å²) in [7, 11) is 0. The van der Waals surface area contributed by atoms with E-state index in [-0.39, 0.29) is 0 Å². The minimum atomic E-state index is 0.926. The van der Waals surface area contributed by atoms with Crippen molar-refractivity contribution in [3.05, 3.63) is 16.1 Å². The first-order valence-electron chi connectivity index (χ1n) is 6.14. The third-order valence-electron chi connectivity index (χ3n) is 2.77. The molecule has 0 amide bonds. The molecule has 0 aromatic carbocycles. The number of nitrogens with zero attached hydrogens (tertiary/aromatic N) is 2. The average molecular weight is 286 g/mol. The van der Waals surface area contributed by atoms with Crippen molar-refractivity contribution in [3.63, 3.8) is 0 Å². The number of thioether (sulfide) groups is 1. The van der Waals surface area contributed by atoms with Gasteiger partial charge in [-0.25, -0.2) is 4.98 Å². The van der Waals surface area contributed by atoms with E-state index in [2.05, 4.69) is 22.2 Å². The van der Waals surface area contributed by atoms with Crippen LogP contribution in [0.15, 0.2) is 5.38 Å². The van der Waals surface area contributed by atoms with Crippen molar-refractivity contribution >= 4 is 39.6 Å². The lowest BCUT2D eigenvalue weighted by atomic mass is 10.3. The average Bonchev–Trinajstić information content (AvgIpc) is 2.97. The summed E-state index contributed by atoms with van der Waals surface area (Å²) in [5.74, 6) is 0.926. The van der Waals surface area contributed by atoms with Crippen molar-refractivity contribution in [2.24, 2.45) is 0 Å². The molecular weight excluding hydrogens is 268 g/mol. The molecule has 0 saturated carbocycles. The van der Waals surface area contributed by atoms with Gasteiger partial charge in [-0.3, -0.25) is 0 Å². The predicted molar refractivity (Wildman–Crippen MR) is 80.8 cm³/mol. The third kappa shape index (κ3) is 3.93. The molecule has 2 rings (SSSR count). The highest BCUT2D eigenvalue weighted by molar-refractivity contribution is 8.22. The minimum Gasteiger partial charge on any atom is -0.358 e. The number of thiazole rings is 1. The van der Waals surface area contributed by atoms with Crippen molar-refractivity contribution in [3.8, 4) is 0 Å². The first-order chi connectivity index (χ1) is 8.29. The van der Waals surface area contributed by atoms with Crippen molar-refractivity contribution in [2.75, 3.05) is 13.1 Å². The van der Waals surface area contributed by atoms with Crippen LogP contribution in [0, 0.1) is 0 Å². The van der Waals surface area contributed by atoms with Crippen molar-refractivity contribution in [1.29, 1.82) is 0 Å². The summed E-state index contributed by atoms with van der Waals surface area (Å²) < 4.78 is 1.05. The molecule has 0 aliphatic carbocycles. The number of hydrogen-bond donors (Lipinski definition) is 0. The van der Waals surface area contributed by atoms with Crippen molar-refractivity contribution < 1.29 is 0 Å². The van der Waals surface area contributed by atoms with Crippen LogP contribution < -0.4 is 0 Å². The molecule has 1 saturated heterocycles. The minimum absolute atomic E-state index is 0.926. The zero-order chi connectivity index (χ0) is 12.1. The summed E-state index contributed by atoms with van der Waals surface area (Å²) in [4.78, 5) is 6.94. The highest BCUT2D eigenvalue weighted by Crippen LogP contribution is 2.21. The Balaban J connectivity index is 1.78. The van der Waals surface area contributed by atoms with Gasteiger partial charge in [0.1, 0.15) is 4.32 Å². The molecule has 1 fully saturated rings. The highest BCUT2D eigenvalue weighted by Gasteiger charge is 2.15. The van der Waals surface area contributed by atoms with Crippen molar-refractivity contribution in [1.82, 2.24) is 9.88 Å². The maximum atomic E-state index is 5.44. The number of aryl methyl sites for hydroxylation is 1. The van der Waals surface area contributed by atoms with Gasteiger partial charge in [0.05, 0.1) is 10.7 Å². The van der Waals surface area contributed by atoms with E-state index in [1.807, 2.05) is 0 Å². The van der Waals surface area contributed by atoms with Gasteiger partial charge in [-0.05, 0) is 25.7 Å². The standard InChI is InChI=1S/C12H18N2S3/c1-2-5-11-13-10(8-16-11)9-17-12(15)14-6-3-4-7-14/h8H,2-7,9H2,1H3. The topological polar surface area (TPSA) is 16.1 Å². The van der Waals surface area contributed by atoms with Gasteiger partial charge in [0, 0.05) is 24.2 Å². The van der Waals surface area contributed by atoms with Gasteiger partial charge in [-0.1, -0.05) is 30.9 Å². The third-order valence-corrected chi connectivity index (χ3v) is 5.29. The fourth-order valence-electron chi connectivity index (χ4n) is 1.87. The Morgan fingerprint density at radius 3 is 3.00 bits per heavy atom. The molecule has 0 radical (unpaired) electrons. The molecular formula is C12H18N2S3. The molecule has 1 aromatic heterocycles. The van der Waals surface area contributed by atoms with Gasteiger partial charge >= 0.3 is 0 Å². The van der Waals surface area contributed by atoms with Crippen LogP contribution in [-0.4, -0.2) is 27.3 Å². The molecule has 0 N–H and O–H groups in total. The van der Waals surface area contributed by atoms with Gasteiger partial charge < -0.3 is 4.90 Å². The highest BCUT2D eigenvalue weighted by atomic mass is 32.2. The van der Waals surface area contributed by atoms with Crippen LogP contribution in [0.4, 0.5) is 0 Å². The quantitative estimate of drug-likeness (QED) is 0.784. The lowest BCUT2D eigenvalue weighted by Crippen LogP contribution is -2.23. The first-order valence-corrected chi connectivity index (χ1v) is 8.42. The Labute approximate surface area is 117 Å². The Morgan fingerprint density at radius 2 is 2.29 bits per heavy atom. The number of rotatable bonds is 4. The van der Waals surface area contributed by atoms with E-state index >= 15 is 0 Å². The van der Waals surface area contributed by atoms with Crippen LogP contribution in [0.25, 0.3) is 0 Å². The van der Waals surface area contributed by atoms with Crippen LogP contribution in [0.3, 0.4) is 0 Å². The molecule has 1 aliphatic rings. The van der Waals surface area contributed by atoms with Gasteiger partial charge in [0.25, 0.3) is 0 Å². The number of thiocarbonyl (C=S) groups is 1. The molecule has 5 heteroatoms. The smallest absolute Gasteiger partial charge is 0.136 e. The summed E-state index contributed by atoms with van der Waals surface area (Å²) in [6.07, 6.45) is 4.86. The number of aromatic nitrogens is 1. The second kappa shape index (κ2) is 6.71. The molecule has 1 aromatic rings. The van der Waals surface area contributed by atoms with Crippen LogP contribution in [-0.2, 0) is 12.2 Å². The number of hydrogen-bond acceptors (Lipinski definition) is 4. The fraction of sp³-hybridized carbons (Fsp3) is 0.667.